The van der Waals surface area contributed by atoms with Gasteiger partial charge in [0.2, 0.25) is 11.6 Å². The minimum absolute atomic E-state index is 0.0430. The minimum Gasteiger partial charge on any atom is -0.285 e. The van der Waals surface area contributed by atoms with Crippen LogP contribution in [0.3, 0.4) is 0 Å². The van der Waals surface area contributed by atoms with Crippen LogP contribution in [0, 0.1) is 41.4 Å². The first-order valence-corrected chi connectivity index (χ1v) is 13.8. The van der Waals surface area contributed by atoms with Crippen molar-refractivity contribution in [2.75, 3.05) is 0 Å². The molecule has 0 aromatic rings. The molecule has 0 aromatic heterocycles. The lowest BCUT2D eigenvalue weighted by molar-refractivity contribution is -0.117. The molecule has 0 saturated heterocycles. The molecule has 1 unspecified atom stereocenters. The van der Waals surface area contributed by atoms with E-state index in [1.54, 1.807) is 6.92 Å². The summed E-state index contributed by atoms with van der Waals surface area (Å²) in [7, 11) is 0. The van der Waals surface area contributed by atoms with Crippen LogP contribution in [0.25, 0.3) is 0 Å². The highest BCUT2D eigenvalue weighted by atomic mass is 19.4. The second kappa shape index (κ2) is 17.8. The van der Waals surface area contributed by atoms with Gasteiger partial charge >= 0.3 is 6.18 Å². The van der Waals surface area contributed by atoms with E-state index in [4.69, 9.17) is 0 Å². The van der Waals surface area contributed by atoms with Crippen molar-refractivity contribution in [1.82, 2.24) is 0 Å². The van der Waals surface area contributed by atoms with Crippen molar-refractivity contribution in [3.8, 4) is 23.7 Å². The van der Waals surface area contributed by atoms with Gasteiger partial charge in [-0.3, -0.25) is 9.59 Å². The van der Waals surface area contributed by atoms with Crippen LogP contribution in [0.5, 0.6) is 0 Å². The maximum absolute atomic E-state index is 12.7. The van der Waals surface area contributed by atoms with Crippen LogP contribution < -0.4 is 0 Å². The molecule has 5 heteroatoms. The third-order valence-corrected chi connectivity index (χ3v) is 6.69. The van der Waals surface area contributed by atoms with Crippen LogP contribution in [-0.2, 0) is 9.59 Å². The number of rotatable bonds is 13. The number of carbonyl (C=O) groups excluding carboxylic acids is 2. The van der Waals surface area contributed by atoms with Crippen LogP contribution >= 0.6 is 0 Å². The van der Waals surface area contributed by atoms with Gasteiger partial charge in [0, 0.05) is 30.3 Å². The number of unbranched alkanes of at least 4 members (excludes halogenated alkanes) is 4. The highest BCUT2D eigenvalue weighted by Gasteiger charge is 2.29. The summed E-state index contributed by atoms with van der Waals surface area (Å²) in [6.07, 6.45) is 11.4. The summed E-state index contributed by atoms with van der Waals surface area (Å²) in [5.41, 5.74) is -0.244. The van der Waals surface area contributed by atoms with Gasteiger partial charge in [0.15, 0.2) is 0 Å². The van der Waals surface area contributed by atoms with Crippen LogP contribution in [0.4, 0.5) is 13.2 Å². The van der Waals surface area contributed by atoms with Crippen LogP contribution in [0.2, 0.25) is 0 Å². The van der Waals surface area contributed by atoms with Crippen LogP contribution in [0.15, 0.2) is 36.0 Å². The third kappa shape index (κ3) is 14.7. The van der Waals surface area contributed by atoms with Crippen molar-refractivity contribution in [2.45, 2.75) is 110 Å². The molecule has 2 nitrogen and oxygen atoms in total. The van der Waals surface area contributed by atoms with Gasteiger partial charge in [-0.25, -0.2) is 0 Å². The second-order valence-corrected chi connectivity index (χ2v) is 10.1. The van der Waals surface area contributed by atoms with Gasteiger partial charge in [-0.1, -0.05) is 88.7 Å². The molecule has 1 atom stereocenters. The van der Waals surface area contributed by atoms with Crippen molar-refractivity contribution in [2.24, 2.45) is 17.8 Å². The Labute approximate surface area is 222 Å². The molecule has 1 aliphatic rings. The van der Waals surface area contributed by atoms with Gasteiger partial charge in [-0.05, 0) is 62.7 Å². The average Bonchev–Trinajstić information content (AvgIpc) is 2.85. The Morgan fingerprint density at radius 3 is 2.30 bits per heavy atom. The molecule has 0 amide bonds. The van der Waals surface area contributed by atoms with Gasteiger partial charge in [0.1, 0.15) is 0 Å². The molecule has 1 fully saturated rings. The highest BCUT2D eigenvalue weighted by Crippen LogP contribution is 2.30. The molecule has 0 aliphatic heterocycles. The van der Waals surface area contributed by atoms with E-state index in [-0.39, 0.29) is 17.5 Å². The molecule has 1 aliphatic carbocycles. The van der Waals surface area contributed by atoms with Gasteiger partial charge < -0.3 is 0 Å². The maximum Gasteiger partial charge on any atom is 0.415 e. The van der Waals surface area contributed by atoms with Crippen molar-refractivity contribution in [3.63, 3.8) is 0 Å². The van der Waals surface area contributed by atoms with Gasteiger partial charge in [0.05, 0.1) is 0 Å². The Balaban J connectivity index is 2.45. The van der Waals surface area contributed by atoms with E-state index >= 15 is 0 Å². The molecule has 37 heavy (non-hydrogen) atoms. The Bertz CT molecular complexity index is 923. The molecule has 0 heterocycles. The predicted octanol–water partition coefficient (Wildman–Crippen LogP) is 8.73. The van der Waals surface area contributed by atoms with Gasteiger partial charge in [-0.15, -0.1) is 0 Å². The smallest absolute Gasteiger partial charge is 0.285 e. The summed E-state index contributed by atoms with van der Waals surface area (Å²) < 4.78 is 38.0. The molecule has 0 radical (unpaired) electrons. The fraction of sp³-hybridized carbons (Fsp3) is 0.625. The summed E-state index contributed by atoms with van der Waals surface area (Å²) in [4.78, 5) is 24.4. The fourth-order valence-electron chi connectivity index (χ4n) is 4.28. The van der Waals surface area contributed by atoms with E-state index in [9.17, 15) is 22.8 Å². The zero-order valence-electron chi connectivity index (χ0n) is 22.8. The van der Waals surface area contributed by atoms with E-state index < -0.39 is 17.7 Å². The van der Waals surface area contributed by atoms with Crippen molar-refractivity contribution in [1.29, 1.82) is 0 Å². The van der Waals surface area contributed by atoms with Crippen LogP contribution in [0.1, 0.15) is 104 Å². The highest BCUT2D eigenvalue weighted by molar-refractivity contribution is 5.97. The molecule has 1 rings (SSSR count). The second-order valence-electron chi connectivity index (χ2n) is 10.1. The SMILES string of the molecule is C=C(/C=C\C(=C/CC)CC(C)C(=O)C#CC1CCC(CC#CC(=O)CCCCCCC)CC1)C(F)(F)F. The fourth-order valence-corrected chi connectivity index (χ4v) is 4.28. The summed E-state index contributed by atoms with van der Waals surface area (Å²) in [6.45, 7) is 8.88. The summed E-state index contributed by atoms with van der Waals surface area (Å²) in [5.74, 6) is 11.9. The standard InChI is InChI=1S/C32H43F3O2/c1-5-7-8-9-10-14-30(36)15-11-13-27-18-20-28(21-19-27)22-23-31(37)25(3)24-29(12-6-2)17-16-26(4)32(33,34)35/h12,16-17,25,27-28H,4-10,13-14,18-21,24H2,1-3H3/b17-16-,29-12+. The zero-order valence-corrected chi connectivity index (χ0v) is 22.8. The Kier molecular flexibility index (Phi) is 15.7. The van der Waals surface area contributed by atoms with Crippen molar-refractivity contribution < 1.29 is 22.8 Å². The minimum atomic E-state index is -4.46. The number of halogens is 3. The van der Waals surface area contributed by atoms with E-state index in [2.05, 4.69) is 37.2 Å². The summed E-state index contributed by atoms with van der Waals surface area (Å²) in [6, 6.07) is 0. The molecular formula is C32H43F3O2. The number of Topliss-reactive ketones (excluding diaryl/α,β-unsaturated/α-hetero) is 2. The normalized spacial score (nSPS) is 18.9. The van der Waals surface area contributed by atoms with E-state index in [0.717, 1.165) is 51.0 Å². The summed E-state index contributed by atoms with van der Waals surface area (Å²) >= 11 is 0. The Morgan fingerprint density at radius 1 is 1.00 bits per heavy atom. The molecule has 204 valence electrons. The zero-order chi connectivity index (χ0) is 27.7. The van der Waals surface area contributed by atoms with Crippen LogP contribution in [-0.4, -0.2) is 17.7 Å². The lowest BCUT2D eigenvalue weighted by Crippen LogP contribution is -2.14. The molecule has 0 bridgehead atoms. The lowest BCUT2D eigenvalue weighted by Gasteiger charge is -2.23. The predicted molar refractivity (Wildman–Crippen MR) is 145 cm³/mol. The molecule has 0 aromatic carbocycles. The third-order valence-electron chi connectivity index (χ3n) is 6.69. The maximum atomic E-state index is 12.7. The first kappa shape index (κ1) is 32.5. The Hall–Kier alpha value is -2.53. The van der Waals surface area contributed by atoms with Gasteiger partial charge in [-0.2, -0.15) is 13.2 Å². The first-order chi connectivity index (χ1) is 17.6. The largest absolute Gasteiger partial charge is 0.415 e. The molecule has 0 N–H and O–H groups in total. The summed E-state index contributed by atoms with van der Waals surface area (Å²) in [5, 5.41) is 0. The van der Waals surface area contributed by atoms with Crippen molar-refractivity contribution >= 4 is 11.6 Å². The van der Waals surface area contributed by atoms with E-state index in [1.807, 2.05) is 13.0 Å². The number of hydrogen-bond donors (Lipinski definition) is 0. The average molecular weight is 517 g/mol. The number of ketones is 2. The first-order valence-electron chi connectivity index (χ1n) is 13.8. The number of carbonyl (C=O) groups is 2. The van der Waals surface area contributed by atoms with E-state index in [1.165, 1.54) is 25.3 Å². The van der Waals surface area contributed by atoms with Gasteiger partial charge in [0.25, 0.3) is 0 Å². The monoisotopic (exact) mass is 516 g/mol. The number of hydrogen-bond acceptors (Lipinski definition) is 2. The molecular weight excluding hydrogens is 473 g/mol. The van der Waals surface area contributed by atoms with E-state index in [0.29, 0.717) is 30.8 Å². The quantitative estimate of drug-likeness (QED) is 0.106. The number of allylic oxidation sites excluding steroid dienone is 5. The topological polar surface area (TPSA) is 34.1 Å². The van der Waals surface area contributed by atoms with Crippen molar-refractivity contribution in [3.05, 3.63) is 36.0 Å². The molecule has 0 spiro atoms. The lowest BCUT2D eigenvalue weighted by atomic mass is 9.81. The number of alkyl halides is 3. The Morgan fingerprint density at radius 2 is 1.68 bits per heavy atom. The molecule has 1 saturated carbocycles.